The SMILES string of the molecule is CC(C)c1ccc2ncn(/C=C/C(=O)NCCCNc3ccccn3)c(=O)c2c1. The molecule has 0 unspecified atom stereocenters. The normalized spacial score (nSPS) is 11.3. The highest BCUT2D eigenvalue weighted by atomic mass is 16.1. The van der Waals surface area contributed by atoms with Crippen LogP contribution in [0.1, 0.15) is 31.7 Å². The molecule has 1 aromatic carbocycles. The summed E-state index contributed by atoms with van der Waals surface area (Å²) in [4.78, 5) is 33.1. The van der Waals surface area contributed by atoms with Gasteiger partial charge in [-0.15, -0.1) is 0 Å². The van der Waals surface area contributed by atoms with E-state index in [0.29, 0.717) is 29.9 Å². The molecule has 3 rings (SSSR count). The van der Waals surface area contributed by atoms with Crippen LogP contribution in [0.5, 0.6) is 0 Å². The van der Waals surface area contributed by atoms with Gasteiger partial charge in [-0.1, -0.05) is 26.0 Å². The molecule has 0 spiro atoms. The van der Waals surface area contributed by atoms with E-state index in [0.717, 1.165) is 17.8 Å². The molecule has 0 saturated heterocycles. The highest BCUT2D eigenvalue weighted by Gasteiger charge is 2.06. The summed E-state index contributed by atoms with van der Waals surface area (Å²) in [5.74, 6) is 0.870. The van der Waals surface area contributed by atoms with Crippen molar-refractivity contribution in [3.63, 3.8) is 0 Å². The zero-order chi connectivity index (χ0) is 20.6. The quantitative estimate of drug-likeness (QED) is 0.455. The van der Waals surface area contributed by atoms with E-state index in [-0.39, 0.29) is 11.5 Å². The summed E-state index contributed by atoms with van der Waals surface area (Å²) in [6.07, 6.45) is 6.69. The molecule has 150 valence electrons. The van der Waals surface area contributed by atoms with Gasteiger partial charge >= 0.3 is 0 Å². The molecule has 2 heterocycles. The summed E-state index contributed by atoms with van der Waals surface area (Å²) in [5, 5.41) is 6.52. The Bertz CT molecular complexity index is 1060. The Balaban J connectivity index is 1.54. The molecule has 0 radical (unpaired) electrons. The van der Waals surface area contributed by atoms with Crippen LogP contribution in [0.2, 0.25) is 0 Å². The van der Waals surface area contributed by atoms with Crippen molar-refractivity contribution < 1.29 is 4.79 Å². The average Bonchev–Trinajstić information content (AvgIpc) is 2.73. The van der Waals surface area contributed by atoms with Crippen LogP contribution < -0.4 is 16.2 Å². The van der Waals surface area contributed by atoms with E-state index in [1.807, 2.05) is 36.4 Å². The molecule has 3 aromatic rings. The molecule has 0 fully saturated rings. The van der Waals surface area contributed by atoms with Gasteiger partial charge in [-0.05, 0) is 42.2 Å². The maximum absolute atomic E-state index is 12.7. The third kappa shape index (κ3) is 5.51. The number of carbonyl (C=O) groups excluding carboxylic acids is 1. The number of anilines is 1. The molecule has 2 N–H and O–H groups in total. The van der Waals surface area contributed by atoms with E-state index < -0.39 is 0 Å². The number of benzene rings is 1. The Morgan fingerprint density at radius 1 is 1.17 bits per heavy atom. The molecule has 7 nitrogen and oxygen atoms in total. The fourth-order valence-corrected chi connectivity index (χ4v) is 2.81. The van der Waals surface area contributed by atoms with Crippen molar-refractivity contribution in [2.45, 2.75) is 26.2 Å². The van der Waals surface area contributed by atoms with E-state index in [4.69, 9.17) is 0 Å². The molecular formula is C22H25N5O2. The number of nitrogens with one attached hydrogen (secondary N) is 2. The lowest BCUT2D eigenvalue weighted by molar-refractivity contribution is -0.116. The van der Waals surface area contributed by atoms with Crippen LogP contribution in [-0.4, -0.2) is 33.5 Å². The smallest absolute Gasteiger partial charge is 0.265 e. The lowest BCUT2D eigenvalue weighted by atomic mass is 10.0. The number of carbonyl (C=O) groups is 1. The lowest BCUT2D eigenvalue weighted by Crippen LogP contribution is -2.24. The molecular weight excluding hydrogens is 366 g/mol. The van der Waals surface area contributed by atoms with Crippen LogP contribution >= 0.6 is 0 Å². The largest absolute Gasteiger partial charge is 0.370 e. The molecule has 0 aliphatic heterocycles. The van der Waals surface area contributed by atoms with Gasteiger partial charge in [0, 0.05) is 31.6 Å². The van der Waals surface area contributed by atoms with Crippen LogP contribution in [0, 0.1) is 0 Å². The summed E-state index contributed by atoms with van der Waals surface area (Å²) in [7, 11) is 0. The van der Waals surface area contributed by atoms with Gasteiger partial charge in [0.25, 0.3) is 5.56 Å². The van der Waals surface area contributed by atoms with E-state index in [1.165, 1.54) is 23.2 Å². The van der Waals surface area contributed by atoms with Gasteiger partial charge < -0.3 is 10.6 Å². The lowest BCUT2D eigenvalue weighted by Gasteiger charge is -2.07. The van der Waals surface area contributed by atoms with Crippen molar-refractivity contribution >= 4 is 28.8 Å². The highest BCUT2D eigenvalue weighted by molar-refractivity contribution is 5.90. The summed E-state index contributed by atoms with van der Waals surface area (Å²) < 4.78 is 1.33. The first-order chi connectivity index (χ1) is 14.0. The van der Waals surface area contributed by atoms with Gasteiger partial charge in [0.15, 0.2) is 0 Å². The minimum atomic E-state index is -0.259. The topological polar surface area (TPSA) is 88.9 Å². The summed E-state index contributed by atoms with van der Waals surface area (Å²) in [6.45, 7) is 5.37. The molecule has 7 heteroatoms. The van der Waals surface area contributed by atoms with Crippen LogP contribution in [0.25, 0.3) is 17.1 Å². The Labute approximate surface area is 169 Å². The van der Waals surface area contributed by atoms with Crippen LogP contribution in [0.15, 0.2) is 59.8 Å². The molecule has 29 heavy (non-hydrogen) atoms. The van der Waals surface area contributed by atoms with Gasteiger partial charge in [-0.3, -0.25) is 14.2 Å². The second-order valence-electron chi connectivity index (χ2n) is 6.99. The third-order valence-corrected chi connectivity index (χ3v) is 4.48. The van der Waals surface area contributed by atoms with Crippen LogP contribution in [0.3, 0.4) is 0 Å². The van der Waals surface area contributed by atoms with Gasteiger partial charge in [0.05, 0.1) is 10.9 Å². The summed E-state index contributed by atoms with van der Waals surface area (Å²) >= 11 is 0. The number of pyridine rings is 1. The molecule has 0 saturated carbocycles. The van der Waals surface area contributed by atoms with Crippen LogP contribution in [-0.2, 0) is 4.79 Å². The van der Waals surface area contributed by atoms with Gasteiger partial charge in [-0.25, -0.2) is 9.97 Å². The van der Waals surface area contributed by atoms with E-state index in [9.17, 15) is 9.59 Å². The maximum atomic E-state index is 12.7. The maximum Gasteiger partial charge on any atom is 0.265 e. The molecule has 2 aromatic heterocycles. The van der Waals surface area contributed by atoms with Crippen molar-refractivity contribution in [2.24, 2.45) is 0 Å². The number of nitrogens with zero attached hydrogens (tertiary/aromatic N) is 3. The van der Waals surface area contributed by atoms with Gasteiger partial charge in [-0.2, -0.15) is 0 Å². The van der Waals surface area contributed by atoms with E-state index in [2.05, 4.69) is 34.4 Å². The fraction of sp³-hybridized carbons (Fsp3) is 0.273. The first-order valence-electron chi connectivity index (χ1n) is 9.66. The van der Waals surface area contributed by atoms with E-state index in [1.54, 1.807) is 6.20 Å². The van der Waals surface area contributed by atoms with Crippen molar-refractivity contribution in [3.05, 3.63) is 70.9 Å². The monoisotopic (exact) mass is 391 g/mol. The minimum absolute atomic E-state index is 0.193. The zero-order valence-corrected chi connectivity index (χ0v) is 16.6. The molecule has 0 atom stereocenters. The second-order valence-corrected chi connectivity index (χ2v) is 6.99. The van der Waals surface area contributed by atoms with Crippen LogP contribution in [0.4, 0.5) is 5.82 Å². The zero-order valence-electron chi connectivity index (χ0n) is 16.6. The predicted molar refractivity (Wildman–Crippen MR) is 116 cm³/mol. The van der Waals surface area contributed by atoms with E-state index >= 15 is 0 Å². The molecule has 1 amide bonds. The van der Waals surface area contributed by atoms with Crippen molar-refractivity contribution in [2.75, 3.05) is 18.4 Å². The Morgan fingerprint density at radius 3 is 2.79 bits per heavy atom. The number of amides is 1. The minimum Gasteiger partial charge on any atom is -0.370 e. The Kier molecular flexibility index (Phi) is 6.73. The Morgan fingerprint density at radius 2 is 2.03 bits per heavy atom. The van der Waals surface area contributed by atoms with Gasteiger partial charge in [0.2, 0.25) is 5.91 Å². The number of fused-ring (bicyclic) bond motifs is 1. The Hall–Kier alpha value is -3.48. The van der Waals surface area contributed by atoms with Crippen molar-refractivity contribution in [1.29, 1.82) is 0 Å². The summed E-state index contributed by atoms with van der Waals surface area (Å²) in [5.41, 5.74) is 1.53. The first-order valence-corrected chi connectivity index (χ1v) is 9.66. The average molecular weight is 391 g/mol. The predicted octanol–water partition coefficient (Wildman–Crippen LogP) is 3.00. The molecule has 0 aliphatic rings. The number of hydrogen-bond acceptors (Lipinski definition) is 5. The highest BCUT2D eigenvalue weighted by Crippen LogP contribution is 2.17. The van der Waals surface area contributed by atoms with Crippen molar-refractivity contribution in [1.82, 2.24) is 19.9 Å². The molecule has 0 bridgehead atoms. The fourth-order valence-electron chi connectivity index (χ4n) is 2.81. The standard InChI is InChI=1S/C22H25N5O2/c1-16(2)17-7-8-19-18(14-17)22(29)27(15-26-19)13-9-21(28)25-12-5-11-24-20-6-3-4-10-23-20/h3-4,6-10,13-16H,5,11-12H2,1-2H3,(H,23,24)(H,25,28)/b13-9+. The number of rotatable bonds is 8. The summed E-state index contributed by atoms with van der Waals surface area (Å²) in [6, 6.07) is 11.4. The van der Waals surface area contributed by atoms with Crippen molar-refractivity contribution in [3.8, 4) is 0 Å². The second kappa shape index (κ2) is 9.64. The number of hydrogen-bond donors (Lipinski definition) is 2. The molecule has 0 aliphatic carbocycles. The number of aromatic nitrogens is 3. The van der Waals surface area contributed by atoms with Gasteiger partial charge in [0.1, 0.15) is 12.1 Å². The third-order valence-electron chi connectivity index (χ3n) is 4.48. The first kappa shape index (κ1) is 20.3.